The summed E-state index contributed by atoms with van der Waals surface area (Å²) in [5, 5.41) is 2.24. The molecule has 10 aromatic rings. The topological polar surface area (TPSA) is 35.9 Å². The number of fused-ring (bicyclic) bond motifs is 3. The fourth-order valence-electron chi connectivity index (χ4n) is 10.4. The summed E-state index contributed by atoms with van der Waals surface area (Å²) in [4.78, 5) is 4.85. The van der Waals surface area contributed by atoms with E-state index in [4.69, 9.17) is 9.72 Å². The molecule has 290 valence electrons. The molecule has 3 aliphatic carbocycles. The molecule has 2 unspecified atom stereocenters. The van der Waals surface area contributed by atoms with Crippen molar-refractivity contribution in [1.82, 2.24) is 14.1 Å². The van der Waals surface area contributed by atoms with Crippen LogP contribution in [0.25, 0.3) is 61.2 Å². The van der Waals surface area contributed by atoms with Crippen LogP contribution in [0.5, 0.6) is 11.5 Å². The van der Waals surface area contributed by atoms with Gasteiger partial charge in [-0.1, -0.05) is 117 Å². The molecule has 7 aromatic carbocycles. The fraction of sp³-hybridized carbons (Fsp3) is 0.111. The molecule has 5 nitrogen and oxygen atoms in total. The number of benzene rings is 7. The van der Waals surface area contributed by atoms with Crippen molar-refractivity contribution in [2.75, 3.05) is 0 Å². The fourth-order valence-corrected chi connectivity index (χ4v) is 10.4. The summed E-state index contributed by atoms with van der Waals surface area (Å²) in [6, 6.07) is 59.7. The first-order valence-electron chi connectivity index (χ1n) is 20.4. The van der Waals surface area contributed by atoms with Crippen LogP contribution >= 0.6 is 0 Å². The van der Waals surface area contributed by atoms with Gasteiger partial charge >= 0.3 is 0 Å². The van der Waals surface area contributed by atoms with Crippen LogP contribution in [0.1, 0.15) is 71.6 Å². The normalized spacial score (nSPS) is 15.4. The number of nitrogens with zero attached hydrogens (tertiary/aromatic N) is 4. The Morgan fingerprint density at radius 2 is 1.30 bits per heavy atom. The van der Waals surface area contributed by atoms with E-state index in [0.29, 0.717) is 11.5 Å². The Morgan fingerprint density at radius 1 is 0.617 bits per heavy atom. The molecule has 8 bridgehead atoms. The average Bonchev–Trinajstić information content (AvgIpc) is 3.82. The van der Waals surface area contributed by atoms with Gasteiger partial charge in [-0.2, -0.15) is 18.2 Å². The van der Waals surface area contributed by atoms with Crippen molar-refractivity contribution in [2.24, 2.45) is 0 Å². The predicted octanol–water partition coefficient (Wildman–Crippen LogP) is 11.9. The number of hydrogen-bond donors (Lipinski definition) is 0. The molecule has 60 heavy (non-hydrogen) atoms. The van der Waals surface area contributed by atoms with Gasteiger partial charge in [-0.3, -0.25) is 4.57 Å². The largest absolute Gasteiger partial charge is 0.510 e. The molecule has 15 rings (SSSR count). The summed E-state index contributed by atoms with van der Waals surface area (Å²) in [5.74, 6) is 2.40. The zero-order chi connectivity index (χ0) is 39.1. The van der Waals surface area contributed by atoms with Crippen LogP contribution in [-0.4, -0.2) is 14.1 Å². The maximum absolute atomic E-state index is 6.65. The summed E-state index contributed by atoms with van der Waals surface area (Å²) in [7, 11) is 0. The molecule has 6 heteroatoms. The van der Waals surface area contributed by atoms with E-state index in [-0.39, 0.29) is 38.3 Å². The number of hydrogen-bond acceptors (Lipinski definition) is 2. The molecule has 5 heterocycles. The molecule has 0 fully saturated rings. The minimum atomic E-state index is -0.0180. The second-order valence-electron chi connectivity index (χ2n) is 17.1. The molecule has 0 amide bonds. The van der Waals surface area contributed by atoms with Crippen molar-refractivity contribution in [3.63, 3.8) is 0 Å². The van der Waals surface area contributed by atoms with E-state index < -0.39 is 0 Å². The van der Waals surface area contributed by atoms with Crippen molar-refractivity contribution < 1.29 is 30.4 Å². The van der Waals surface area contributed by atoms with E-state index >= 15 is 0 Å². The van der Waals surface area contributed by atoms with Crippen LogP contribution in [0.4, 0.5) is 0 Å². The Morgan fingerprint density at radius 3 is 2.15 bits per heavy atom. The number of imidazole rings is 1. The third-order valence-corrected chi connectivity index (χ3v) is 12.9. The van der Waals surface area contributed by atoms with Crippen LogP contribution in [-0.2, 0) is 26.5 Å². The summed E-state index contributed by atoms with van der Waals surface area (Å²) in [6.45, 7) is 6.69. The number of pyridine rings is 1. The molecule has 0 N–H and O–H groups in total. The molecule has 5 aliphatic rings. The van der Waals surface area contributed by atoms with E-state index in [1.165, 1.54) is 55.8 Å². The van der Waals surface area contributed by atoms with Crippen LogP contribution in [0.3, 0.4) is 0 Å². The van der Waals surface area contributed by atoms with Crippen molar-refractivity contribution in [3.05, 3.63) is 209 Å². The second-order valence-corrected chi connectivity index (χ2v) is 17.1. The Kier molecular flexibility index (Phi) is 7.51. The standard InChI is InChI=1S/C54H36N4O.Pt/c1-54(2,3)32-26-27-55-48(28-32)58-44-21-7-6-14-36(44)37-25-24-35(30-47(37)58)59-34-13-8-12-33(29-34)56-31-57-45-22-11-20-43-49-38-15-4-5-16-39(38)51(52(43)45)42-19-9-17-40(50(42)49)41-18-10-23-46(56)53(41)57;/h4-28,49,51H,1-3H3;/q-2;. The smallest absolute Gasteiger partial charge is 0.268 e. The van der Waals surface area contributed by atoms with E-state index in [1.807, 2.05) is 24.4 Å². The minimum Gasteiger partial charge on any atom is -0.510 e. The van der Waals surface area contributed by atoms with Crippen molar-refractivity contribution in [2.45, 2.75) is 38.0 Å². The number of para-hydroxylation sites is 2. The van der Waals surface area contributed by atoms with Crippen LogP contribution in [0.15, 0.2) is 152 Å². The van der Waals surface area contributed by atoms with Gasteiger partial charge in [-0.05, 0) is 90.8 Å². The van der Waals surface area contributed by atoms with Crippen molar-refractivity contribution in [3.8, 4) is 39.8 Å². The van der Waals surface area contributed by atoms with E-state index in [0.717, 1.165) is 44.3 Å². The first-order valence-corrected chi connectivity index (χ1v) is 20.4. The predicted molar refractivity (Wildman–Crippen MR) is 232 cm³/mol. The second kappa shape index (κ2) is 12.7. The quantitative estimate of drug-likeness (QED) is 0.130. The van der Waals surface area contributed by atoms with Crippen molar-refractivity contribution in [1.29, 1.82) is 0 Å². The zero-order valence-electron chi connectivity index (χ0n) is 33.1. The van der Waals surface area contributed by atoms with Gasteiger partial charge in [0, 0.05) is 56.1 Å². The van der Waals surface area contributed by atoms with Gasteiger partial charge < -0.3 is 13.9 Å². The van der Waals surface area contributed by atoms with Crippen LogP contribution < -0.4 is 9.30 Å². The molecule has 2 aliphatic heterocycles. The Hall–Kier alpha value is -6.55. The first kappa shape index (κ1) is 35.4. The molecule has 0 saturated heterocycles. The average molecular weight is 952 g/mol. The molecule has 0 saturated carbocycles. The molecular formula is C54H36N4OPt-2. The number of ether oxygens (including phenoxy) is 1. The summed E-state index contributed by atoms with van der Waals surface area (Å²) < 4.78 is 13.3. The molecule has 0 spiro atoms. The van der Waals surface area contributed by atoms with Gasteiger partial charge in [-0.15, -0.1) is 29.7 Å². The Balaban J connectivity index is 0.00000388. The third-order valence-electron chi connectivity index (χ3n) is 12.9. The maximum Gasteiger partial charge on any atom is 0.268 e. The minimum absolute atomic E-state index is 0. The summed E-state index contributed by atoms with van der Waals surface area (Å²) in [6.07, 6.45) is 5.75. The zero-order valence-corrected chi connectivity index (χ0v) is 35.4. The van der Waals surface area contributed by atoms with Gasteiger partial charge in [0.25, 0.3) is 6.33 Å². The van der Waals surface area contributed by atoms with E-state index in [1.54, 1.807) is 0 Å². The number of aromatic nitrogens is 4. The summed E-state index contributed by atoms with van der Waals surface area (Å²) in [5.41, 5.74) is 18.4. The van der Waals surface area contributed by atoms with E-state index in [9.17, 15) is 0 Å². The number of rotatable bonds is 4. The van der Waals surface area contributed by atoms with Gasteiger partial charge in [0.2, 0.25) is 0 Å². The van der Waals surface area contributed by atoms with Gasteiger partial charge in [0.05, 0.1) is 16.7 Å². The van der Waals surface area contributed by atoms with Crippen molar-refractivity contribution >= 4 is 32.8 Å². The maximum atomic E-state index is 6.65. The van der Waals surface area contributed by atoms with Gasteiger partial charge in [0.1, 0.15) is 5.82 Å². The van der Waals surface area contributed by atoms with Gasteiger partial charge in [-0.25, -0.2) is 4.98 Å². The Labute approximate surface area is 362 Å². The molecular weight excluding hydrogens is 916 g/mol. The molecule has 2 atom stereocenters. The molecule has 3 aromatic heterocycles. The monoisotopic (exact) mass is 951 g/mol. The Bertz CT molecular complexity index is 3440. The van der Waals surface area contributed by atoms with E-state index in [2.05, 4.69) is 180 Å². The SMILES string of the molecule is CC(C)(C)c1ccnc(-n2c3[c-]c(Oc4[c-]c(-n5[c-][n+]6c7c(cccc75)-c5cccc7c5C5c8ccccc8C7c7c5cccc7-6)ccc4)ccc3c3ccccc32)c1.[Pt]. The third kappa shape index (κ3) is 4.84. The van der Waals surface area contributed by atoms with Crippen LogP contribution in [0, 0.1) is 18.5 Å². The van der Waals surface area contributed by atoms with Gasteiger partial charge in [0.15, 0.2) is 0 Å². The summed E-state index contributed by atoms with van der Waals surface area (Å²) >= 11 is 0. The first-order chi connectivity index (χ1) is 28.9. The van der Waals surface area contributed by atoms with Crippen LogP contribution in [0.2, 0.25) is 0 Å². The molecule has 0 radical (unpaired) electrons.